The first-order valence-electron chi connectivity index (χ1n) is 9.37. The Labute approximate surface area is 145 Å². The van der Waals surface area contributed by atoms with Crippen molar-refractivity contribution in [1.29, 1.82) is 0 Å². The molecule has 3 nitrogen and oxygen atoms in total. The Morgan fingerprint density at radius 1 is 1.00 bits per heavy atom. The van der Waals surface area contributed by atoms with Crippen molar-refractivity contribution in [1.82, 2.24) is 10.2 Å². The van der Waals surface area contributed by atoms with Crippen LogP contribution < -0.4 is 10.1 Å². The van der Waals surface area contributed by atoms with Crippen LogP contribution in [-0.4, -0.2) is 38.2 Å². The molecule has 3 heteroatoms. The van der Waals surface area contributed by atoms with E-state index < -0.39 is 0 Å². The lowest BCUT2D eigenvalue weighted by molar-refractivity contribution is 0.125. The van der Waals surface area contributed by atoms with Gasteiger partial charge in [-0.2, -0.15) is 0 Å². The summed E-state index contributed by atoms with van der Waals surface area (Å²) in [4.78, 5) is 2.72. The van der Waals surface area contributed by atoms with Gasteiger partial charge >= 0.3 is 0 Å². The van der Waals surface area contributed by atoms with Crippen LogP contribution in [0, 0.1) is 5.92 Å². The van der Waals surface area contributed by atoms with Crippen molar-refractivity contribution in [2.45, 2.75) is 31.7 Å². The van der Waals surface area contributed by atoms with Crippen LogP contribution in [0.15, 0.2) is 36.4 Å². The van der Waals surface area contributed by atoms with E-state index in [1.54, 1.807) is 7.11 Å². The first kappa shape index (κ1) is 15.9. The monoisotopic (exact) mass is 324 g/mol. The molecule has 0 bridgehead atoms. The SMILES string of the molecule is COc1ccc2cc([C@@H](C3CCCC3)N3CCNCC3)ccc2c1. The van der Waals surface area contributed by atoms with E-state index in [9.17, 15) is 0 Å². The van der Waals surface area contributed by atoms with Crippen molar-refractivity contribution >= 4 is 10.8 Å². The average Bonchev–Trinajstić information content (AvgIpc) is 3.16. The van der Waals surface area contributed by atoms with Crippen molar-refractivity contribution in [3.63, 3.8) is 0 Å². The standard InChI is InChI=1S/C21H28N2O/c1-24-20-9-8-17-14-19(7-6-18(17)15-20)21(16-4-2-3-5-16)23-12-10-22-11-13-23/h6-9,14-16,21-22H,2-5,10-13H2,1H3/t21-/m1/s1. The highest BCUT2D eigenvalue weighted by Crippen LogP contribution is 2.40. The normalized spacial score (nSPS) is 21.2. The van der Waals surface area contributed by atoms with Crippen molar-refractivity contribution in [3.8, 4) is 5.75 Å². The lowest BCUT2D eigenvalue weighted by Gasteiger charge is -2.38. The third-order valence-electron chi connectivity index (χ3n) is 5.80. The maximum atomic E-state index is 5.36. The molecule has 128 valence electrons. The summed E-state index contributed by atoms with van der Waals surface area (Å²) in [7, 11) is 1.73. The lowest BCUT2D eigenvalue weighted by Crippen LogP contribution is -2.46. The van der Waals surface area contributed by atoms with E-state index in [-0.39, 0.29) is 0 Å². The second-order valence-corrected chi connectivity index (χ2v) is 7.25. The number of rotatable bonds is 4. The van der Waals surface area contributed by atoms with Gasteiger partial charge in [0.1, 0.15) is 5.75 Å². The Morgan fingerprint density at radius 3 is 2.46 bits per heavy atom. The van der Waals surface area contributed by atoms with Crippen LogP contribution in [0.1, 0.15) is 37.3 Å². The Bertz CT molecular complexity index is 687. The quantitative estimate of drug-likeness (QED) is 0.920. The molecule has 2 aromatic rings. The largest absolute Gasteiger partial charge is 0.497 e. The zero-order valence-electron chi connectivity index (χ0n) is 14.6. The fourth-order valence-electron chi connectivity index (χ4n) is 4.57. The second-order valence-electron chi connectivity index (χ2n) is 7.25. The minimum atomic E-state index is 0.584. The topological polar surface area (TPSA) is 24.5 Å². The van der Waals surface area contributed by atoms with Crippen LogP contribution in [0.4, 0.5) is 0 Å². The predicted molar refractivity (Wildman–Crippen MR) is 99.6 cm³/mol. The summed E-state index contributed by atoms with van der Waals surface area (Å²) >= 11 is 0. The van der Waals surface area contributed by atoms with E-state index in [2.05, 4.69) is 46.6 Å². The highest BCUT2D eigenvalue weighted by atomic mass is 16.5. The van der Waals surface area contributed by atoms with Crippen LogP contribution in [0.2, 0.25) is 0 Å². The Hall–Kier alpha value is -1.58. The molecule has 0 radical (unpaired) electrons. The molecule has 1 aliphatic heterocycles. The molecule has 1 atom stereocenters. The zero-order chi connectivity index (χ0) is 16.4. The molecular formula is C21H28N2O. The van der Waals surface area contributed by atoms with Crippen molar-refractivity contribution in [2.75, 3.05) is 33.3 Å². The van der Waals surface area contributed by atoms with Crippen molar-refractivity contribution in [3.05, 3.63) is 42.0 Å². The van der Waals surface area contributed by atoms with E-state index in [0.29, 0.717) is 6.04 Å². The third kappa shape index (κ3) is 3.15. The first-order valence-corrected chi connectivity index (χ1v) is 9.37. The third-order valence-corrected chi connectivity index (χ3v) is 5.80. The molecule has 0 aromatic heterocycles. The predicted octanol–water partition coefficient (Wildman–Crippen LogP) is 3.98. The van der Waals surface area contributed by atoms with E-state index >= 15 is 0 Å². The number of methoxy groups -OCH3 is 1. The molecular weight excluding hydrogens is 296 g/mol. The van der Waals surface area contributed by atoms with Gasteiger partial charge in [-0.1, -0.05) is 31.0 Å². The van der Waals surface area contributed by atoms with E-state index in [1.807, 2.05) is 0 Å². The van der Waals surface area contributed by atoms with E-state index in [1.165, 1.54) is 55.1 Å². The fourth-order valence-corrected chi connectivity index (χ4v) is 4.57. The average molecular weight is 324 g/mol. The molecule has 1 heterocycles. The maximum Gasteiger partial charge on any atom is 0.119 e. The number of nitrogens with zero attached hydrogens (tertiary/aromatic N) is 1. The highest BCUT2D eigenvalue weighted by Gasteiger charge is 2.31. The molecule has 1 saturated heterocycles. The minimum Gasteiger partial charge on any atom is -0.497 e. The smallest absolute Gasteiger partial charge is 0.119 e. The Balaban J connectivity index is 1.69. The summed E-state index contributed by atoms with van der Waals surface area (Å²) in [5, 5.41) is 6.09. The number of hydrogen-bond donors (Lipinski definition) is 1. The molecule has 0 spiro atoms. The summed E-state index contributed by atoms with van der Waals surface area (Å²) in [6.45, 7) is 4.58. The van der Waals surface area contributed by atoms with Crippen LogP contribution in [-0.2, 0) is 0 Å². The molecule has 0 unspecified atom stereocenters. The zero-order valence-corrected chi connectivity index (χ0v) is 14.6. The van der Waals surface area contributed by atoms with Crippen LogP contribution in [0.5, 0.6) is 5.75 Å². The molecule has 1 N–H and O–H groups in total. The fraction of sp³-hybridized carbons (Fsp3) is 0.524. The van der Waals surface area contributed by atoms with Gasteiger partial charge in [-0.05, 0) is 53.3 Å². The second kappa shape index (κ2) is 7.12. The number of nitrogens with one attached hydrogen (secondary N) is 1. The molecule has 4 rings (SSSR count). The maximum absolute atomic E-state index is 5.36. The number of piperazine rings is 1. The van der Waals surface area contributed by atoms with E-state index in [4.69, 9.17) is 4.74 Å². The van der Waals surface area contributed by atoms with Gasteiger partial charge in [-0.15, -0.1) is 0 Å². The number of ether oxygens (including phenoxy) is 1. The molecule has 1 saturated carbocycles. The minimum absolute atomic E-state index is 0.584. The summed E-state index contributed by atoms with van der Waals surface area (Å²) in [6, 6.07) is 14.0. The van der Waals surface area contributed by atoms with Crippen LogP contribution in [0.3, 0.4) is 0 Å². The summed E-state index contributed by atoms with van der Waals surface area (Å²) < 4.78 is 5.36. The summed E-state index contributed by atoms with van der Waals surface area (Å²) in [6.07, 6.45) is 5.57. The van der Waals surface area contributed by atoms with Gasteiger partial charge in [0.25, 0.3) is 0 Å². The van der Waals surface area contributed by atoms with Gasteiger partial charge in [-0.3, -0.25) is 4.90 Å². The Kier molecular flexibility index (Phi) is 4.72. The molecule has 24 heavy (non-hydrogen) atoms. The molecule has 2 fully saturated rings. The van der Waals surface area contributed by atoms with Crippen molar-refractivity contribution in [2.24, 2.45) is 5.92 Å². The highest BCUT2D eigenvalue weighted by molar-refractivity contribution is 5.84. The van der Waals surface area contributed by atoms with Crippen molar-refractivity contribution < 1.29 is 4.74 Å². The van der Waals surface area contributed by atoms with Gasteiger partial charge in [0.15, 0.2) is 0 Å². The van der Waals surface area contributed by atoms with Crippen LogP contribution >= 0.6 is 0 Å². The van der Waals surface area contributed by atoms with Crippen LogP contribution in [0.25, 0.3) is 10.8 Å². The first-order chi connectivity index (χ1) is 11.8. The Morgan fingerprint density at radius 2 is 1.71 bits per heavy atom. The summed E-state index contributed by atoms with van der Waals surface area (Å²) in [5.41, 5.74) is 1.50. The molecule has 0 amide bonds. The van der Waals surface area contributed by atoms with Gasteiger partial charge < -0.3 is 10.1 Å². The number of fused-ring (bicyclic) bond motifs is 1. The van der Waals surface area contributed by atoms with Gasteiger partial charge in [0.05, 0.1) is 7.11 Å². The number of hydrogen-bond acceptors (Lipinski definition) is 3. The van der Waals surface area contributed by atoms with Gasteiger partial charge in [0, 0.05) is 32.2 Å². The number of benzene rings is 2. The lowest BCUT2D eigenvalue weighted by atomic mass is 9.88. The molecule has 1 aliphatic carbocycles. The van der Waals surface area contributed by atoms with Gasteiger partial charge in [0.2, 0.25) is 0 Å². The summed E-state index contributed by atoms with van der Waals surface area (Å²) in [5.74, 6) is 1.75. The molecule has 2 aromatic carbocycles. The molecule has 2 aliphatic rings. The van der Waals surface area contributed by atoms with E-state index in [0.717, 1.165) is 24.8 Å². The van der Waals surface area contributed by atoms with Gasteiger partial charge in [-0.25, -0.2) is 0 Å².